The third-order valence-electron chi connectivity index (χ3n) is 3.71. The summed E-state index contributed by atoms with van der Waals surface area (Å²) in [6, 6.07) is 7.71. The lowest BCUT2D eigenvalue weighted by molar-refractivity contribution is 0.0615. The summed E-state index contributed by atoms with van der Waals surface area (Å²) >= 11 is 0. The zero-order valence-corrected chi connectivity index (χ0v) is 12.2. The summed E-state index contributed by atoms with van der Waals surface area (Å²) in [6.07, 6.45) is 0. The van der Waals surface area contributed by atoms with E-state index in [1.54, 1.807) is 0 Å². The van der Waals surface area contributed by atoms with Gasteiger partial charge in [-0.3, -0.25) is 9.69 Å². The number of nitrogens with zero attached hydrogens (tertiary/aromatic N) is 3. The summed E-state index contributed by atoms with van der Waals surface area (Å²) in [7, 11) is 3.97. The Kier molecular flexibility index (Phi) is 4.98. The lowest BCUT2D eigenvalue weighted by Gasteiger charge is -2.34. The predicted octanol–water partition coefficient (Wildman–Crippen LogP) is 0.503. The van der Waals surface area contributed by atoms with Crippen molar-refractivity contribution in [3.63, 3.8) is 0 Å². The number of β-amino-alcohol motifs (C(OH)–C–C–N with tert-alkyl or cyclic N) is 1. The molecule has 1 aromatic carbocycles. The number of aliphatic hydroxyl groups excluding tert-OH is 1. The average molecular weight is 277 g/mol. The van der Waals surface area contributed by atoms with Crippen LogP contribution in [0.4, 0.5) is 5.69 Å². The van der Waals surface area contributed by atoms with Crippen molar-refractivity contribution in [3.8, 4) is 0 Å². The van der Waals surface area contributed by atoms with Gasteiger partial charge >= 0.3 is 0 Å². The maximum Gasteiger partial charge on any atom is 0.253 e. The van der Waals surface area contributed by atoms with E-state index in [4.69, 9.17) is 5.11 Å². The molecule has 5 heteroatoms. The molecular weight excluding hydrogens is 254 g/mol. The van der Waals surface area contributed by atoms with Crippen LogP contribution in [0.5, 0.6) is 0 Å². The van der Waals surface area contributed by atoms with E-state index < -0.39 is 0 Å². The van der Waals surface area contributed by atoms with Crippen molar-refractivity contribution in [1.82, 2.24) is 9.80 Å². The third-order valence-corrected chi connectivity index (χ3v) is 3.71. The molecule has 0 spiro atoms. The molecule has 0 atom stereocenters. The molecule has 1 amide bonds. The SMILES string of the molecule is CN(C)c1ccc(C(=O)N2CCN(CCO)CC2)cc1. The van der Waals surface area contributed by atoms with E-state index in [1.807, 2.05) is 48.2 Å². The fraction of sp³-hybridized carbons (Fsp3) is 0.533. The van der Waals surface area contributed by atoms with Gasteiger partial charge in [-0.05, 0) is 24.3 Å². The molecule has 0 aromatic heterocycles. The summed E-state index contributed by atoms with van der Waals surface area (Å²) in [5.74, 6) is 0.0963. The number of carbonyl (C=O) groups is 1. The molecule has 1 aromatic rings. The molecule has 20 heavy (non-hydrogen) atoms. The third kappa shape index (κ3) is 3.49. The van der Waals surface area contributed by atoms with Gasteiger partial charge in [-0.2, -0.15) is 0 Å². The van der Waals surface area contributed by atoms with Gasteiger partial charge in [0.1, 0.15) is 0 Å². The molecule has 0 aliphatic carbocycles. The number of carbonyl (C=O) groups excluding carboxylic acids is 1. The van der Waals surface area contributed by atoms with Gasteiger partial charge in [0, 0.05) is 58.1 Å². The van der Waals surface area contributed by atoms with Crippen LogP contribution < -0.4 is 4.90 Å². The van der Waals surface area contributed by atoms with Crippen LogP contribution in [0.15, 0.2) is 24.3 Å². The van der Waals surface area contributed by atoms with Crippen molar-refractivity contribution in [2.75, 3.05) is 58.3 Å². The summed E-state index contributed by atoms with van der Waals surface area (Å²) in [6.45, 7) is 4.01. The molecule has 1 aliphatic heterocycles. The van der Waals surface area contributed by atoms with Gasteiger partial charge in [-0.15, -0.1) is 0 Å². The summed E-state index contributed by atoms with van der Waals surface area (Å²) in [5.41, 5.74) is 1.83. The van der Waals surface area contributed by atoms with Gasteiger partial charge in [0.15, 0.2) is 0 Å². The molecule has 0 radical (unpaired) electrons. The second kappa shape index (κ2) is 6.72. The first-order chi connectivity index (χ1) is 9.61. The molecule has 5 nitrogen and oxygen atoms in total. The van der Waals surface area contributed by atoms with E-state index in [0.717, 1.165) is 37.4 Å². The number of rotatable bonds is 4. The normalized spacial score (nSPS) is 16.2. The number of amides is 1. The lowest BCUT2D eigenvalue weighted by atomic mass is 10.1. The predicted molar refractivity (Wildman–Crippen MR) is 80.2 cm³/mol. The molecule has 0 saturated carbocycles. The van der Waals surface area contributed by atoms with E-state index in [9.17, 15) is 4.79 Å². The van der Waals surface area contributed by atoms with Gasteiger partial charge in [-0.1, -0.05) is 0 Å². The van der Waals surface area contributed by atoms with Crippen molar-refractivity contribution in [1.29, 1.82) is 0 Å². The highest BCUT2D eigenvalue weighted by Gasteiger charge is 2.21. The van der Waals surface area contributed by atoms with Crippen LogP contribution in [0, 0.1) is 0 Å². The number of hydrogen-bond donors (Lipinski definition) is 1. The minimum absolute atomic E-state index is 0.0963. The van der Waals surface area contributed by atoms with Crippen LogP contribution in [0.2, 0.25) is 0 Å². The van der Waals surface area contributed by atoms with Crippen LogP contribution >= 0.6 is 0 Å². The second-order valence-corrected chi connectivity index (χ2v) is 5.30. The summed E-state index contributed by atoms with van der Waals surface area (Å²) in [4.78, 5) is 18.5. The molecule has 110 valence electrons. The number of hydrogen-bond acceptors (Lipinski definition) is 4. The Balaban J connectivity index is 1.95. The number of anilines is 1. The second-order valence-electron chi connectivity index (χ2n) is 5.30. The van der Waals surface area contributed by atoms with Gasteiger partial charge in [0.25, 0.3) is 5.91 Å². The fourth-order valence-corrected chi connectivity index (χ4v) is 2.40. The van der Waals surface area contributed by atoms with E-state index in [2.05, 4.69) is 4.90 Å². The summed E-state index contributed by atoms with van der Waals surface area (Å²) in [5, 5.41) is 8.92. The van der Waals surface area contributed by atoms with Crippen molar-refractivity contribution < 1.29 is 9.90 Å². The first-order valence-electron chi connectivity index (χ1n) is 7.01. The Morgan fingerprint density at radius 3 is 2.25 bits per heavy atom. The molecule has 1 heterocycles. The number of benzene rings is 1. The maximum absolute atomic E-state index is 12.4. The molecule has 0 unspecified atom stereocenters. The minimum Gasteiger partial charge on any atom is -0.395 e. The topological polar surface area (TPSA) is 47.0 Å². The Bertz CT molecular complexity index is 437. The highest BCUT2D eigenvalue weighted by Crippen LogP contribution is 2.14. The Labute approximate surface area is 120 Å². The van der Waals surface area contributed by atoms with Crippen molar-refractivity contribution >= 4 is 11.6 Å². The maximum atomic E-state index is 12.4. The molecular formula is C15H23N3O2. The quantitative estimate of drug-likeness (QED) is 0.871. The minimum atomic E-state index is 0.0963. The first kappa shape index (κ1) is 14.8. The van der Waals surface area contributed by atoms with Gasteiger partial charge in [-0.25, -0.2) is 0 Å². The first-order valence-corrected chi connectivity index (χ1v) is 7.01. The zero-order chi connectivity index (χ0) is 14.5. The van der Waals surface area contributed by atoms with Crippen molar-refractivity contribution in [2.24, 2.45) is 0 Å². The molecule has 0 bridgehead atoms. The number of aliphatic hydroxyl groups is 1. The lowest BCUT2D eigenvalue weighted by Crippen LogP contribution is -2.49. The fourth-order valence-electron chi connectivity index (χ4n) is 2.40. The Morgan fingerprint density at radius 1 is 1.15 bits per heavy atom. The molecule has 1 fully saturated rings. The zero-order valence-electron chi connectivity index (χ0n) is 12.2. The highest BCUT2D eigenvalue weighted by atomic mass is 16.3. The highest BCUT2D eigenvalue weighted by molar-refractivity contribution is 5.94. The van der Waals surface area contributed by atoms with Gasteiger partial charge < -0.3 is 14.9 Å². The molecule has 1 aliphatic rings. The van der Waals surface area contributed by atoms with Crippen LogP contribution in [-0.2, 0) is 0 Å². The standard InChI is InChI=1S/C15H23N3O2/c1-16(2)14-5-3-13(4-6-14)15(20)18-9-7-17(8-10-18)11-12-19/h3-6,19H,7-12H2,1-2H3. The number of piperazine rings is 1. The molecule has 1 N–H and O–H groups in total. The van der Waals surface area contributed by atoms with Gasteiger partial charge in [0.05, 0.1) is 6.61 Å². The van der Waals surface area contributed by atoms with Crippen LogP contribution in [0.1, 0.15) is 10.4 Å². The monoisotopic (exact) mass is 277 g/mol. The van der Waals surface area contributed by atoms with E-state index in [-0.39, 0.29) is 12.5 Å². The van der Waals surface area contributed by atoms with Crippen molar-refractivity contribution in [3.05, 3.63) is 29.8 Å². The van der Waals surface area contributed by atoms with Crippen molar-refractivity contribution in [2.45, 2.75) is 0 Å². The van der Waals surface area contributed by atoms with E-state index in [1.165, 1.54) is 0 Å². The smallest absolute Gasteiger partial charge is 0.253 e. The van der Waals surface area contributed by atoms with Gasteiger partial charge in [0.2, 0.25) is 0 Å². The Hall–Kier alpha value is -1.59. The summed E-state index contributed by atoms with van der Waals surface area (Å²) < 4.78 is 0. The average Bonchev–Trinajstić information content (AvgIpc) is 2.48. The van der Waals surface area contributed by atoms with E-state index in [0.29, 0.717) is 6.54 Å². The van der Waals surface area contributed by atoms with Crippen LogP contribution in [-0.4, -0.2) is 74.2 Å². The van der Waals surface area contributed by atoms with E-state index >= 15 is 0 Å². The largest absolute Gasteiger partial charge is 0.395 e. The van der Waals surface area contributed by atoms with Crippen LogP contribution in [0.3, 0.4) is 0 Å². The Morgan fingerprint density at radius 2 is 1.75 bits per heavy atom. The molecule has 2 rings (SSSR count). The molecule has 1 saturated heterocycles. The van der Waals surface area contributed by atoms with Crippen LogP contribution in [0.25, 0.3) is 0 Å².